The average molecular weight is 442 g/mol. The summed E-state index contributed by atoms with van der Waals surface area (Å²) in [6, 6.07) is 23.0. The Labute approximate surface area is 195 Å². The van der Waals surface area contributed by atoms with Crippen LogP contribution in [-0.2, 0) is 20.7 Å². The molecule has 1 N–H and O–H groups in total. The fourth-order valence-corrected chi connectivity index (χ4v) is 6.06. The zero-order chi connectivity index (χ0) is 23.2. The molecule has 3 aromatic rings. The number of aryl methyl sites for hydroxylation is 3. The summed E-state index contributed by atoms with van der Waals surface area (Å²) in [5.74, 6) is 0.835. The number of hydrogen-bond acceptors (Lipinski definition) is 4. The molecule has 0 saturated heterocycles. The van der Waals surface area contributed by atoms with E-state index in [1.807, 2.05) is 18.2 Å². The molecule has 1 heterocycles. The van der Waals surface area contributed by atoms with E-state index in [9.17, 15) is 4.79 Å². The van der Waals surface area contributed by atoms with E-state index in [1.165, 1.54) is 5.56 Å². The van der Waals surface area contributed by atoms with Gasteiger partial charge in [0.25, 0.3) is 0 Å². The normalized spacial score (nSPS) is 25.6. The molecule has 4 heteroatoms. The molecule has 170 valence electrons. The van der Waals surface area contributed by atoms with E-state index >= 15 is 0 Å². The zero-order valence-corrected chi connectivity index (χ0v) is 19.8. The van der Waals surface area contributed by atoms with Crippen LogP contribution in [0.2, 0.25) is 0 Å². The lowest BCUT2D eigenvalue weighted by atomic mass is 9.68. The van der Waals surface area contributed by atoms with Crippen molar-refractivity contribution in [2.45, 2.75) is 44.2 Å². The minimum absolute atomic E-state index is 0.129. The Morgan fingerprint density at radius 2 is 1.73 bits per heavy atom. The van der Waals surface area contributed by atoms with E-state index < -0.39 is 11.1 Å². The maximum atomic E-state index is 14.2. The highest BCUT2D eigenvalue weighted by Crippen LogP contribution is 2.65. The molecule has 0 spiro atoms. The number of ketones is 1. The molecule has 1 aliphatic carbocycles. The minimum Gasteiger partial charge on any atom is -0.479 e. The summed E-state index contributed by atoms with van der Waals surface area (Å²) in [4.78, 5) is 14.2. The SMILES string of the molecule is COCCN[C@@]12C(=O)C[C@@H](c3ccccc3)[C@]1(c1ccc(C)cc1)Oc1cc(C)cc(C)c12. The highest BCUT2D eigenvalue weighted by Gasteiger charge is 2.73. The number of Topliss-reactive ketones (excluding diaryl/α,β-unsaturated/α-hetero) is 1. The summed E-state index contributed by atoms with van der Waals surface area (Å²) < 4.78 is 12.4. The van der Waals surface area contributed by atoms with Crippen molar-refractivity contribution in [3.8, 4) is 5.75 Å². The van der Waals surface area contributed by atoms with Gasteiger partial charge in [0.2, 0.25) is 0 Å². The summed E-state index contributed by atoms with van der Waals surface area (Å²) in [6.45, 7) is 7.30. The molecule has 1 saturated carbocycles. The number of ether oxygens (including phenoxy) is 2. The van der Waals surface area contributed by atoms with Crippen LogP contribution < -0.4 is 10.1 Å². The van der Waals surface area contributed by atoms with Gasteiger partial charge in [-0.05, 0) is 49.1 Å². The number of hydrogen-bond donors (Lipinski definition) is 1. The van der Waals surface area contributed by atoms with E-state index in [-0.39, 0.29) is 11.7 Å². The van der Waals surface area contributed by atoms with Gasteiger partial charge in [0, 0.05) is 31.6 Å². The molecule has 33 heavy (non-hydrogen) atoms. The maximum absolute atomic E-state index is 14.2. The first kappa shape index (κ1) is 21.9. The lowest BCUT2D eigenvalue weighted by molar-refractivity contribution is -0.127. The molecule has 5 rings (SSSR count). The third-order valence-electron chi connectivity index (χ3n) is 7.32. The largest absolute Gasteiger partial charge is 0.479 e. The van der Waals surface area contributed by atoms with Crippen molar-refractivity contribution < 1.29 is 14.3 Å². The van der Waals surface area contributed by atoms with Gasteiger partial charge >= 0.3 is 0 Å². The number of methoxy groups -OCH3 is 1. The Kier molecular flexibility index (Phi) is 5.38. The third kappa shape index (κ3) is 3.08. The molecule has 3 atom stereocenters. The maximum Gasteiger partial charge on any atom is 0.171 e. The highest BCUT2D eigenvalue weighted by atomic mass is 16.5. The van der Waals surface area contributed by atoms with Gasteiger partial charge in [-0.2, -0.15) is 0 Å². The molecule has 4 nitrogen and oxygen atoms in total. The van der Waals surface area contributed by atoms with Crippen molar-refractivity contribution in [3.63, 3.8) is 0 Å². The van der Waals surface area contributed by atoms with Crippen LogP contribution in [0.15, 0.2) is 66.7 Å². The van der Waals surface area contributed by atoms with E-state index in [4.69, 9.17) is 9.47 Å². The lowest BCUT2D eigenvalue weighted by Crippen LogP contribution is -2.60. The summed E-state index contributed by atoms with van der Waals surface area (Å²) in [6.07, 6.45) is 0.407. The fraction of sp³-hybridized carbons (Fsp3) is 0.345. The van der Waals surface area contributed by atoms with Gasteiger partial charge in [0.1, 0.15) is 5.75 Å². The molecule has 2 aliphatic rings. The van der Waals surface area contributed by atoms with Gasteiger partial charge in [-0.1, -0.05) is 66.2 Å². The molecule has 1 aliphatic heterocycles. The van der Waals surface area contributed by atoms with Crippen LogP contribution in [0.4, 0.5) is 0 Å². The number of carbonyl (C=O) groups is 1. The third-order valence-corrected chi connectivity index (χ3v) is 7.32. The first-order valence-corrected chi connectivity index (χ1v) is 11.6. The average Bonchev–Trinajstić information content (AvgIpc) is 3.22. The van der Waals surface area contributed by atoms with Crippen molar-refractivity contribution in [2.24, 2.45) is 0 Å². The molecule has 0 radical (unpaired) electrons. The van der Waals surface area contributed by atoms with Crippen LogP contribution in [0.3, 0.4) is 0 Å². The predicted molar refractivity (Wildman–Crippen MR) is 130 cm³/mol. The molecule has 0 amide bonds. The Balaban J connectivity index is 1.83. The topological polar surface area (TPSA) is 47.6 Å². The van der Waals surface area contributed by atoms with E-state index in [0.29, 0.717) is 19.6 Å². The quantitative estimate of drug-likeness (QED) is 0.542. The van der Waals surface area contributed by atoms with Crippen LogP contribution in [0, 0.1) is 20.8 Å². The van der Waals surface area contributed by atoms with Crippen LogP contribution >= 0.6 is 0 Å². The molecule has 3 aromatic carbocycles. The Morgan fingerprint density at radius 1 is 1.00 bits per heavy atom. The molecule has 0 bridgehead atoms. The zero-order valence-electron chi connectivity index (χ0n) is 19.8. The van der Waals surface area contributed by atoms with Gasteiger partial charge in [-0.3, -0.25) is 10.1 Å². The second kappa shape index (κ2) is 8.12. The van der Waals surface area contributed by atoms with Crippen LogP contribution in [0.25, 0.3) is 0 Å². The predicted octanol–water partition coefficient (Wildman–Crippen LogP) is 5.09. The number of fused-ring (bicyclic) bond motifs is 3. The van der Waals surface area contributed by atoms with Gasteiger partial charge in [-0.25, -0.2) is 0 Å². The van der Waals surface area contributed by atoms with Crippen molar-refractivity contribution in [1.29, 1.82) is 0 Å². The molecular formula is C29H31NO3. The Bertz CT molecular complexity index is 1190. The number of nitrogens with one attached hydrogen (secondary N) is 1. The molecule has 0 aromatic heterocycles. The standard InChI is InChI=1S/C29H31NO3/c1-19-10-12-23(13-11-19)29-24(22-8-6-5-7-9-22)18-26(31)28(29,30-14-15-32-4)27-21(3)16-20(2)17-25(27)33-29/h5-13,16-17,24,30H,14-15,18H2,1-4H3/t24-,28+,29-/m0/s1. The Morgan fingerprint density at radius 3 is 2.42 bits per heavy atom. The monoisotopic (exact) mass is 441 g/mol. The van der Waals surface area contributed by atoms with Gasteiger partial charge in [0.05, 0.1) is 6.61 Å². The first-order valence-electron chi connectivity index (χ1n) is 11.6. The molecule has 1 fully saturated rings. The van der Waals surface area contributed by atoms with Crippen LogP contribution in [-0.4, -0.2) is 26.0 Å². The minimum atomic E-state index is -0.992. The van der Waals surface area contributed by atoms with Crippen molar-refractivity contribution >= 4 is 5.78 Å². The van der Waals surface area contributed by atoms with Gasteiger partial charge in [-0.15, -0.1) is 0 Å². The number of carbonyl (C=O) groups excluding carboxylic acids is 1. The highest BCUT2D eigenvalue weighted by molar-refractivity contribution is 5.98. The smallest absolute Gasteiger partial charge is 0.171 e. The summed E-state index contributed by atoms with van der Waals surface area (Å²) in [7, 11) is 1.68. The fourth-order valence-electron chi connectivity index (χ4n) is 6.06. The molecular weight excluding hydrogens is 410 g/mol. The van der Waals surface area contributed by atoms with Crippen LogP contribution in [0.1, 0.15) is 45.7 Å². The Hall–Kier alpha value is -2.95. The summed E-state index contributed by atoms with van der Waals surface area (Å²) in [5, 5.41) is 3.68. The van der Waals surface area contributed by atoms with E-state index in [2.05, 4.69) is 74.6 Å². The van der Waals surface area contributed by atoms with Crippen LogP contribution in [0.5, 0.6) is 5.75 Å². The van der Waals surface area contributed by atoms with Crippen molar-refractivity contribution in [3.05, 3.63) is 100 Å². The van der Waals surface area contributed by atoms with E-state index in [1.54, 1.807) is 7.11 Å². The summed E-state index contributed by atoms with van der Waals surface area (Å²) in [5.41, 5.74) is 4.59. The first-order chi connectivity index (χ1) is 15.9. The number of benzene rings is 3. The van der Waals surface area contributed by atoms with Crippen molar-refractivity contribution in [1.82, 2.24) is 5.32 Å². The second-order valence-electron chi connectivity index (χ2n) is 9.42. The van der Waals surface area contributed by atoms with Gasteiger partial charge in [0.15, 0.2) is 16.9 Å². The molecule has 0 unspecified atom stereocenters. The lowest BCUT2D eigenvalue weighted by Gasteiger charge is -2.43. The van der Waals surface area contributed by atoms with E-state index in [0.717, 1.165) is 33.6 Å². The van der Waals surface area contributed by atoms with Gasteiger partial charge < -0.3 is 9.47 Å². The van der Waals surface area contributed by atoms with Crippen molar-refractivity contribution in [2.75, 3.05) is 20.3 Å². The summed E-state index contributed by atoms with van der Waals surface area (Å²) >= 11 is 0. The second-order valence-corrected chi connectivity index (χ2v) is 9.42. The number of rotatable bonds is 6.